The van der Waals surface area contributed by atoms with E-state index in [4.69, 9.17) is 10.1 Å². The highest BCUT2D eigenvalue weighted by Crippen LogP contribution is 2.17. The highest BCUT2D eigenvalue weighted by atomic mass is 32.2. The van der Waals surface area contributed by atoms with E-state index in [0.717, 1.165) is 42.1 Å². The van der Waals surface area contributed by atoms with E-state index in [-0.39, 0.29) is 0 Å². The summed E-state index contributed by atoms with van der Waals surface area (Å²) in [5, 5.41) is 12.1. The van der Waals surface area contributed by atoms with E-state index in [0.29, 0.717) is 0 Å². The van der Waals surface area contributed by atoms with Gasteiger partial charge in [0, 0.05) is 21.9 Å². The summed E-state index contributed by atoms with van der Waals surface area (Å²) in [7, 11) is -2.47. The lowest BCUT2D eigenvalue weighted by Crippen LogP contribution is -2.10. The molecule has 0 spiro atoms. The molecule has 0 aliphatic rings. The van der Waals surface area contributed by atoms with Crippen LogP contribution in [0.2, 0.25) is 0 Å². The Bertz CT molecular complexity index is 1010. The third-order valence-electron chi connectivity index (χ3n) is 3.19. The van der Waals surface area contributed by atoms with Gasteiger partial charge in [0.1, 0.15) is 6.26 Å². The van der Waals surface area contributed by atoms with E-state index in [1.54, 1.807) is 24.3 Å². The Morgan fingerprint density at radius 2 is 1.67 bits per heavy atom. The number of hydrogen-bond donors (Lipinski definition) is 1. The first-order valence-electron chi connectivity index (χ1n) is 9.56. The van der Waals surface area contributed by atoms with Crippen molar-refractivity contribution in [3.05, 3.63) is 132 Å². The minimum Gasteiger partial charge on any atom is -0.391 e. The van der Waals surface area contributed by atoms with Crippen LogP contribution in [0.1, 0.15) is 18.1 Å². The van der Waals surface area contributed by atoms with E-state index >= 15 is 0 Å². The number of nitro groups is 1. The molecule has 1 N–H and O–H groups in total. The number of allylic oxidation sites excluding steroid dienone is 8. The predicted molar refractivity (Wildman–Crippen MR) is 139 cm³/mol. The molecular weight excluding hydrogens is 440 g/mol. The first-order chi connectivity index (χ1) is 15.5. The van der Waals surface area contributed by atoms with E-state index in [9.17, 15) is 8.42 Å². The van der Waals surface area contributed by atoms with Gasteiger partial charge in [0.05, 0.1) is 6.26 Å². The van der Waals surface area contributed by atoms with Gasteiger partial charge in [0.25, 0.3) is 0 Å². The Labute approximate surface area is 197 Å². The van der Waals surface area contributed by atoms with Crippen LogP contribution < -0.4 is 5.32 Å². The Hall–Kier alpha value is -3.91. The van der Waals surface area contributed by atoms with Gasteiger partial charge in [-0.05, 0) is 24.6 Å². The van der Waals surface area contributed by atoms with Gasteiger partial charge in [0.15, 0.2) is 7.05 Å². The molecule has 0 aliphatic carbocycles. The summed E-state index contributed by atoms with van der Waals surface area (Å²) in [5.41, 5.74) is 3.96. The molecule has 0 saturated carbocycles. The van der Waals surface area contributed by atoms with Gasteiger partial charge in [-0.25, -0.2) is 0 Å². The number of benzene rings is 1. The highest BCUT2D eigenvalue weighted by molar-refractivity contribution is 7.86. The van der Waals surface area contributed by atoms with Gasteiger partial charge in [-0.1, -0.05) is 93.1 Å². The Balaban J connectivity index is 0. The molecule has 0 saturated heterocycles. The van der Waals surface area contributed by atoms with Crippen molar-refractivity contribution < 1.29 is 17.5 Å². The van der Waals surface area contributed by atoms with Crippen molar-refractivity contribution in [2.75, 3.05) is 13.3 Å². The third kappa shape index (κ3) is 19.8. The average Bonchev–Trinajstić information content (AvgIpc) is 2.75. The summed E-state index contributed by atoms with van der Waals surface area (Å²) in [6.45, 7) is 16.9. The molecule has 178 valence electrons. The zero-order chi connectivity index (χ0) is 25.7. The second kappa shape index (κ2) is 18.8. The van der Waals surface area contributed by atoms with Crippen molar-refractivity contribution in [1.82, 2.24) is 5.32 Å². The Kier molecular flexibility index (Phi) is 17.8. The van der Waals surface area contributed by atoms with Crippen molar-refractivity contribution in [1.29, 1.82) is 0 Å². The molecule has 0 atom stereocenters. The maximum absolute atomic E-state index is 10.3. The largest absolute Gasteiger partial charge is 0.391 e. The number of rotatable bonds is 10. The van der Waals surface area contributed by atoms with E-state index < -0.39 is 15.0 Å². The van der Waals surface area contributed by atoms with Crippen LogP contribution >= 0.6 is 0 Å². The van der Waals surface area contributed by atoms with Crippen molar-refractivity contribution in [3.63, 3.8) is 0 Å². The molecule has 1 aromatic rings. The molecule has 0 heterocycles. The van der Waals surface area contributed by atoms with Gasteiger partial charge < -0.3 is 9.50 Å². The molecule has 33 heavy (non-hydrogen) atoms. The summed E-state index contributed by atoms with van der Waals surface area (Å²) >= 11 is 0. The fourth-order valence-corrected chi connectivity index (χ4v) is 2.16. The monoisotopic (exact) mass is 472 g/mol. The summed E-state index contributed by atoms with van der Waals surface area (Å²) in [6, 6.07) is 8.02. The Morgan fingerprint density at radius 3 is 2.15 bits per heavy atom. The van der Waals surface area contributed by atoms with Gasteiger partial charge >= 0.3 is 10.1 Å². The van der Waals surface area contributed by atoms with E-state index in [2.05, 4.69) is 35.8 Å². The molecular formula is C25H32N2O5S. The number of nitrogens with one attached hydrogen (secondary N) is 1. The van der Waals surface area contributed by atoms with Crippen LogP contribution in [-0.4, -0.2) is 26.6 Å². The van der Waals surface area contributed by atoms with E-state index in [1.807, 2.05) is 55.5 Å². The molecule has 0 radical (unpaired) electrons. The Morgan fingerprint density at radius 1 is 1.09 bits per heavy atom. The molecule has 1 rings (SSSR count). The van der Waals surface area contributed by atoms with Crippen LogP contribution in [0.4, 0.5) is 0 Å². The summed E-state index contributed by atoms with van der Waals surface area (Å²) in [5.74, 6) is 0. The fourth-order valence-electron chi connectivity index (χ4n) is 1.89. The smallest absolute Gasteiger partial charge is 0.305 e. The average molecular weight is 473 g/mol. The quantitative estimate of drug-likeness (QED) is 0.155. The zero-order valence-electron chi connectivity index (χ0n) is 19.3. The normalized spacial score (nSPS) is 11.1. The van der Waals surface area contributed by atoms with Crippen LogP contribution in [0.15, 0.2) is 111 Å². The van der Waals surface area contributed by atoms with Crippen molar-refractivity contribution in [2.45, 2.75) is 6.92 Å². The highest BCUT2D eigenvalue weighted by Gasteiger charge is 2.03. The van der Waals surface area contributed by atoms with Crippen molar-refractivity contribution in [2.24, 2.45) is 0 Å². The van der Waals surface area contributed by atoms with Gasteiger partial charge in [-0.2, -0.15) is 8.42 Å². The van der Waals surface area contributed by atoms with Crippen LogP contribution in [0.5, 0.6) is 0 Å². The maximum atomic E-state index is 10.3. The lowest BCUT2D eigenvalue weighted by molar-refractivity contribution is -0.445. The lowest BCUT2D eigenvalue weighted by Gasteiger charge is -2.12. The molecule has 1 aromatic carbocycles. The van der Waals surface area contributed by atoms with Crippen LogP contribution in [0.3, 0.4) is 0 Å². The molecule has 0 aromatic heterocycles. The third-order valence-corrected chi connectivity index (χ3v) is 3.65. The van der Waals surface area contributed by atoms with Gasteiger partial charge in [-0.3, -0.25) is 10.1 Å². The molecule has 0 fully saturated rings. The topological polar surface area (TPSA) is 98.5 Å². The standard InChI is InChI=1S/C17H19N.C7H10O3S.CH3NO2/c1-5-8-12-16(7-3)18-14(4)17-13-10-9-11-15(17)6-2;1-3-4-5-6-7-10-11(2,8)9;1-2(3)4/h5-13,18H,1-2,4H2,3H3;3-7H,1H2,2H3;1H3/b12-8-,16-7+;5-4-,7-6?;. The fraction of sp³-hybridized carbons (Fsp3) is 0.120. The number of nitrogens with zero attached hydrogens (tertiary/aromatic N) is 1. The van der Waals surface area contributed by atoms with Crippen LogP contribution in [0, 0.1) is 10.1 Å². The van der Waals surface area contributed by atoms with Crippen LogP contribution in [0.25, 0.3) is 11.8 Å². The molecule has 0 bridgehead atoms. The minimum atomic E-state index is -3.36. The van der Waals surface area contributed by atoms with Gasteiger partial charge in [-0.15, -0.1) is 0 Å². The maximum Gasteiger partial charge on any atom is 0.305 e. The molecule has 8 heteroatoms. The zero-order valence-corrected chi connectivity index (χ0v) is 20.1. The first kappa shape index (κ1) is 31.3. The van der Waals surface area contributed by atoms with Crippen molar-refractivity contribution in [3.8, 4) is 0 Å². The van der Waals surface area contributed by atoms with Crippen molar-refractivity contribution >= 4 is 21.9 Å². The summed E-state index contributed by atoms with van der Waals surface area (Å²) in [6.07, 6.45) is 17.8. The van der Waals surface area contributed by atoms with Crippen LogP contribution in [-0.2, 0) is 14.3 Å². The molecule has 0 unspecified atom stereocenters. The van der Waals surface area contributed by atoms with E-state index in [1.165, 1.54) is 6.08 Å². The number of hydrogen-bond acceptors (Lipinski definition) is 6. The molecule has 0 aliphatic heterocycles. The second-order valence-electron chi connectivity index (χ2n) is 5.92. The second-order valence-corrected chi connectivity index (χ2v) is 7.52. The van der Waals surface area contributed by atoms with Gasteiger partial charge in [0.2, 0.25) is 0 Å². The SMILES string of the molecule is C=C/C=C\C(=C/C)NC(=C)c1ccccc1C=C.C=C/C=C\C=COS(C)(=O)=O.C[N+](=O)[O-]. The first-order valence-corrected chi connectivity index (χ1v) is 11.4. The summed E-state index contributed by atoms with van der Waals surface area (Å²) in [4.78, 5) is 8.31. The lowest BCUT2D eigenvalue weighted by atomic mass is 10.1. The molecule has 7 nitrogen and oxygen atoms in total. The predicted octanol–water partition coefficient (Wildman–Crippen LogP) is 5.65. The molecule has 0 amide bonds. The summed E-state index contributed by atoms with van der Waals surface area (Å²) < 4.78 is 25.0. The minimum absolute atomic E-state index is 0.500.